The first kappa shape index (κ1) is 18.8. The van der Waals surface area contributed by atoms with Gasteiger partial charge in [-0.05, 0) is 43.7 Å². The number of aryl methyl sites for hydroxylation is 1. The lowest BCUT2D eigenvalue weighted by atomic mass is 9.93. The Balaban J connectivity index is 1.33. The van der Waals surface area contributed by atoms with Crippen LogP contribution in [0.15, 0.2) is 48.7 Å². The van der Waals surface area contributed by atoms with Crippen molar-refractivity contribution in [2.75, 3.05) is 5.75 Å². The van der Waals surface area contributed by atoms with Gasteiger partial charge in [-0.3, -0.25) is 4.79 Å². The van der Waals surface area contributed by atoms with Crippen molar-refractivity contribution in [2.24, 2.45) is 0 Å². The second-order valence-corrected chi connectivity index (χ2v) is 7.80. The summed E-state index contributed by atoms with van der Waals surface area (Å²) in [6, 6.07) is 14.5. The molecule has 1 amide bonds. The molecule has 4 nitrogen and oxygen atoms in total. The highest BCUT2D eigenvalue weighted by Gasteiger charge is 2.23. The molecule has 0 atom stereocenters. The molecule has 5 heteroatoms. The minimum atomic E-state index is 0.135. The third-order valence-corrected chi connectivity index (χ3v) is 5.56. The summed E-state index contributed by atoms with van der Waals surface area (Å²) in [5.41, 5.74) is 2.39. The number of rotatable bonds is 7. The Morgan fingerprint density at radius 2 is 1.92 bits per heavy atom. The molecule has 1 heterocycles. The van der Waals surface area contributed by atoms with E-state index < -0.39 is 0 Å². The molecule has 0 bridgehead atoms. The van der Waals surface area contributed by atoms with Gasteiger partial charge < -0.3 is 10.1 Å². The highest BCUT2D eigenvalue weighted by atomic mass is 32.2. The van der Waals surface area contributed by atoms with E-state index in [-0.39, 0.29) is 18.1 Å². The first-order valence-electron chi connectivity index (χ1n) is 9.19. The summed E-state index contributed by atoms with van der Waals surface area (Å²) in [7, 11) is 0. The number of benzene rings is 1. The van der Waals surface area contributed by atoms with Gasteiger partial charge in [-0.2, -0.15) is 0 Å². The number of ether oxygens (including phenoxy) is 1. The summed E-state index contributed by atoms with van der Waals surface area (Å²) in [4.78, 5) is 16.4. The van der Waals surface area contributed by atoms with Crippen LogP contribution in [0.25, 0.3) is 0 Å². The van der Waals surface area contributed by atoms with Crippen molar-refractivity contribution in [1.82, 2.24) is 10.3 Å². The van der Waals surface area contributed by atoms with E-state index in [1.165, 1.54) is 5.56 Å². The third kappa shape index (κ3) is 6.06. The van der Waals surface area contributed by atoms with Crippen molar-refractivity contribution in [1.29, 1.82) is 0 Å². The standard InChI is InChI=1S/C21H26N2O2S/c1-16-7-12-21(22-13-16)25-19-10-8-18(9-11-19)23-20(24)15-26-14-17-5-3-2-4-6-17/h2-7,12-13,18-19H,8-11,14-15H2,1H3,(H,23,24). The molecule has 138 valence electrons. The highest BCUT2D eigenvalue weighted by molar-refractivity contribution is 7.99. The Hall–Kier alpha value is -2.01. The normalized spacial score (nSPS) is 19.7. The second kappa shape index (κ2) is 9.62. The number of thioether (sulfide) groups is 1. The van der Waals surface area contributed by atoms with Gasteiger partial charge in [-0.25, -0.2) is 4.98 Å². The number of pyridine rings is 1. The topological polar surface area (TPSA) is 51.2 Å². The minimum absolute atomic E-state index is 0.135. The SMILES string of the molecule is Cc1ccc(OC2CCC(NC(=O)CSCc3ccccc3)CC2)nc1. The van der Waals surface area contributed by atoms with E-state index >= 15 is 0 Å². The van der Waals surface area contributed by atoms with Crippen LogP contribution < -0.4 is 10.1 Å². The van der Waals surface area contributed by atoms with Crippen molar-refractivity contribution in [2.45, 2.75) is 50.5 Å². The Kier molecular flexibility index (Phi) is 6.95. The first-order chi connectivity index (χ1) is 12.7. The van der Waals surface area contributed by atoms with Crippen LogP contribution in [0, 0.1) is 6.92 Å². The van der Waals surface area contributed by atoms with Crippen molar-refractivity contribution in [3.05, 3.63) is 59.8 Å². The van der Waals surface area contributed by atoms with Crippen LogP contribution in [-0.2, 0) is 10.5 Å². The molecule has 0 aliphatic heterocycles. The van der Waals surface area contributed by atoms with Crippen molar-refractivity contribution in [3.8, 4) is 5.88 Å². The minimum Gasteiger partial charge on any atom is -0.474 e. The van der Waals surface area contributed by atoms with Crippen LogP contribution in [0.1, 0.15) is 36.8 Å². The van der Waals surface area contributed by atoms with E-state index in [1.807, 2.05) is 43.5 Å². The van der Waals surface area contributed by atoms with Crippen molar-refractivity contribution in [3.63, 3.8) is 0 Å². The van der Waals surface area contributed by atoms with Gasteiger partial charge in [0.2, 0.25) is 11.8 Å². The Morgan fingerprint density at radius 1 is 1.15 bits per heavy atom. The second-order valence-electron chi connectivity index (χ2n) is 6.81. The zero-order chi connectivity index (χ0) is 18.2. The quantitative estimate of drug-likeness (QED) is 0.796. The monoisotopic (exact) mass is 370 g/mol. The smallest absolute Gasteiger partial charge is 0.230 e. The summed E-state index contributed by atoms with van der Waals surface area (Å²) < 4.78 is 5.95. The molecule has 0 radical (unpaired) electrons. The molecule has 1 aliphatic rings. The predicted octanol–water partition coefficient (Wildman–Crippen LogP) is 4.13. The van der Waals surface area contributed by atoms with E-state index in [0.717, 1.165) is 37.0 Å². The maximum absolute atomic E-state index is 12.1. The zero-order valence-corrected chi connectivity index (χ0v) is 16.0. The lowest BCUT2D eigenvalue weighted by molar-refractivity contribution is -0.119. The maximum Gasteiger partial charge on any atom is 0.230 e. The molecule has 26 heavy (non-hydrogen) atoms. The van der Waals surface area contributed by atoms with E-state index in [9.17, 15) is 4.79 Å². The average molecular weight is 371 g/mol. The number of amides is 1. The fourth-order valence-corrected chi connectivity index (χ4v) is 3.92. The summed E-state index contributed by atoms with van der Waals surface area (Å²) in [5.74, 6) is 2.22. The lowest BCUT2D eigenvalue weighted by Crippen LogP contribution is -2.40. The molecular formula is C21H26N2O2S. The molecule has 0 saturated heterocycles. The largest absolute Gasteiger partial charge is 0.474 e. The van der Waals surface area contributed by atoms with Gasteiger partial charge in [0.15, 0.2) is 0 Å². The maximum atomic E-state index is 12.1. The summed E-state index contributed by atoms with van der Waals surface area (Å²) in [6.45, 7) is 2.02. The van der Waals surface area contributed by atoms with Gasteiger partial charge in [0, 0.05) is 24.1 Å². The molecule has 1 N–H and O–H groups in total. The van der Waals surface area contributed by atoms with Gasteiger partial charge >= 0.3 is 0 Å². The zero-order valence-electron chi connectivity index (χ0n) is 15.2. The average Bonchev–Trinajstić information content (AvgIpc) is 2.66. The Bertz CT molecular complexity index is 683. The summed E-state index contributed by atoms with van der Waals surface area (Å²) in [5, 5.41) is 3.17. The molecule has 1 aliphatic carbocycles. The van der Waals surface area contributed by atoms with Gasteiger partial charge in [-0.15, -0.1) is 11.8 Å². The van der Waals surface area contributed by atoms with Gasteiger partial charge in [-0.1, -0.05) is 36.4 Å². The van der Waals surface area contributed by atoms with Crippen LogP contribution in [0.3, 0.4) is 0 Å². The van der Waals surface area contributed by atoms with Gasteiger partial charge in [0.1, 0.15) is 6.10 Å². The molecule has 1 fully saturated rings. The van der Waals surface area contributed by atoms with Crippen LogP contribution in [0.5, 0.6) is 5.88 Å². The first-order valence-corrected chi connectivity index (χ1v) is 10.3. The van der Waals surface area contributed by atoms with Crippen molar-refractivity contribution < 1.29 is 9.53 Å². The van der Waals surface area contributed by atoms with E-state index in [1.54, 1.807) is 11.8 Å². The Labute approximate surface area is 159 Å². The summed E-state index contributed by atoms with van der Waals surface area (Å²) in [6.07, 6.45) is 5.87. The predicted molar refractivity (Wildman–Crippen MR) is 106 cm³/mol. The number of nitrogens with one attached hydrogen (secondary N) is 1. The molecule has 1 aromatic heterocycles. The lowest BCUT2D eigenvalue weighted by Gasteiger charge is -2.29. The number of carbonyl (C=O) groups is 1. The number of aromatic nitrogens is 1. The summed E-state index contributed by atoms with van der Waals surface area (Å²) >= 11 is 1.66. The van der Waals surface area contributed by atoms with E-state index in [2.05, 4.69) is 22.4 Å². The van der Waals surface area contributed by atoms with Gasteiger partial charge in [0.25, 0.3) is 0 Å². The fraction of sp³-hybridized carbons (Fsp3) is 0.429. The number of hydrogen-bond acceptors (Lipinski definition) is 4. The molecular weight excluding hydrogens is 344 g/mol. The highest BCUT2D eigenvalue weighted by Crippen LogP contribution is 2.23. The Morgan fingerprint density at radius 3 is 2.62 bits per heavy atom. The number of hydrogen-bond donors (Lipinski definition) is 1. The molecule has 0 unspecified atom stereocenters. The van der Waals surface area contributed by atoms with Gasteiger partial charge in [0.05, 0.1) is 5.75 Å². The fourth-order valence-electron chi connectivity index (χ4n) is 3.12. The number of carbonyl (C=O) groups excluding carboxylic acids is 1. The van der Waals surface area contributed by atoms with Crippen molar-refractivity contribution >= 4 is 17.7 Å². The van der Waals surface area contributed by atoms with Crippen LogP contribution in [-0.4, -0.2) is 28.8 Å². The molecule has 1 aromatic carbocycles. The van der Waals surface area contributed by atoms with Crippen LogP contribution in [0.2, 0.25) is 0 Å². The molecule has 3 rings (SSSR count). The number of nitrogens with zero attached hydrogens (tertiary/aromatic N) is 1. The molecule has 1 saturated carbocycles. The van der Waals surface area contributed by atoms with E-state index in [0.29, 0.717) is 11.6 Å². The molecule has 0 spiro atoms. The molecule has 2 aromatic rings. The third-order valence-electron chi connectivity index (χ3n) is 4.56. The van der Waals surface area contributed by atoms with Crippen LogP contribution >= 0.6 is 11.8 Å². The van der Waals surface area contributed by atoms with E-state index in [4.69, 9.17) is 4.74 Å². The van der Waals surface area contributed by atoms with Crippen LogP contribution in [0.4, 0.5) is 0 Å².